The third-order valence-electron chi connectivity index (χ3n) is 5.07. The van der Waals surface area contributed by atoms with E-state index in [1.54, 1.807) is 24.3 Å². The number of ether oxygens (including phenoxy) is 2. The summed E-state index contributed by atoms with van der Waals surface area (Å²) in [5.74, 6) is 1.33. The summed E-state index contributed by atoms with van der Waals surface area (Å²) in [5, 5.41) is 7.67. The van der Waals surface area contributed by atoms with E-state index in [0.29, 0.717) is 24.0 Å². The molecule has 164 valence electrons. The monoisotopic (exact) mass is 448 g/mol. The van der Waals surface area contributed by atoms with E-state index in [2.05, 4.69) is 10.4 Å². The number of nitrogens with one attached hydrogen (secondary N) is 1. The largest absolute Gasteiger partial charge is 0.496 e. The standard InChI is InChI=1S/C24H24N4O3S/c1-3-27-14-18(13-25-27)15-28-23(29)21(26-24(28)32)12-17-9-10-22(30-2)19(11-17)16-31-20-7-5-4-6-8-20/h4-14H,3,15-16H2,1-2H3,(H,26,32)/b21-12+. The molecular weight excluding hydrogens is 424 g/mol. The van der Waals surface area contributed by atoms with E-state index in [-0.39, 0.29) is 5.91 Å². The van der Waals surface area contributed by atoms with Gasteiger partial charge in [0, 0.05) is 23.9 Å². The average molecular weight is 449 g/mol. The lowest BCUT2D eigenvalue weighted by Crippen LogP contribution is -2.29. The van der Waals surface area contributed by atoms with E-state index in [1.165, 1.54) is 0 Å². The van der Waals surface area contributed by atoms with Crippen LogP contribution in [0.2, 0.25) is 0 Å². The van der Waals surface area contributed by atoms with Crippen molar-refractivity contribution in [2.24, 2.45) is 0 Å². The fourth-order valence-electron chi connectivity index (χ4n) is 3.40. The quantitative estimate of drug-likeness (QED) is 0.418. The number of hydrogen-bond acceptors (Lipinski definition) is 5. The van der Waals surface area contributed by atoms with Gasteiger partial charge in [0.05, 0.1) is 19.9 Å². The number of thiocarbonyl (C=S) groups is 1. The number of amides is 1. The Labute approximate surface area is 192 Å². The molecule has 1 aliphatic heterocycles. The molecule has 1 N–H and O–H groups in total. The Morgan fingerprint density at radius 3 is 2.72 bits per heavy atom. The van der Waals surface area contributed by atoms with Gasteiger partial charge in [-0.3, -0.25) is 14.4 Å². The van der Waals surface area contributed by atoms with Crippen LogP contribution in [0.25, 0.3) is 6.08 Å². The summed E-state index contributed by atoms with van der Waals surface area (Å²) in [5.41, 5.74) is 3.08. The van der Waals surface area contributed by atoms with E-state index in [9.17, 15) is 4.79 Å². The maximum Gasteiger partial charge on any atom is 0.276 e. The molecule has 1 amide bonds. The molecule has 0 saturated carbocycles. The van der Waals surface area contributed by atoms with Crippen molar-refractivity contribution in [2.75, 3.05) is 7.11 Å². The predicted molar refractivity (Wildman–Crippen MR) is 126 cm³/mol. The number of aryl methyl sites for hydroxylation is 1. The Balaban J connectivity index is 1.51. The maximum atomic E-state index is 13.0. The lowest BCUT2D eigenvalue weighted by molar-refractivity contribution is -0.122. The first-order valence-electron chi connectivity index (χ1n) is 10.3. The number of rotatable bonds is 8. The Bertz CT molecular complexity index is 1160. The topological polar surface area (TPSA) is 68.6 Å². The molecule has 3 aromatic rings. The summed E-state index contributed by atoms with van der Waals surface area (Å²) in [6, 6.07) is 15.3. The van der Waals surface area contributed by atoms with Crippen molar-refractivity contribution in [3.8, 4) is 11.5 Å². The zero-order chi connectivity index (χ0) is 22.5. The van der Waals surface area contributed by atoms with Gasteiger partial charge in [-0.2, -0.15) is 5.10 Å². The minimum Gasteiger partial charge on any atom is -0.496 e. The highest BCUT2D eigenvalue weighted by Crippen LogP contribution is 2.24. The van der Waals surface area contributed by atoms with Gasteiger partial charge in [-0.1, -0.05) is 24.3 Å². The maximum absolute atomic E-state index is 13.0. The van der Waals surface area contributed by atoms with Gasteiger partial charge >= 0.3 is 0 Å². The van der Waals surface area contributed by atoms with Gasteiger partial charge < -0.3 is 14.8 Å². The summed E-state index contributed by atoms with van der Waals surface area (Å²) in [6.07, 6.45) is 5.46. The second-order valence-electron chi connectivity index (χ2n) is 7.26. The van der Waals surface area contributed by atoms with E-state index in [0.717, 1.165) is 34.7 Å². The molecule has 4 rings (SSSR count). The van der Waals surface area contributed by atoms with Crippen LogP contribution in [0.5, 0.6) is 11.5 Å². The van der Waals surface area contributed by atoms with Crippen molar-refractivity contribution >= 4 is 29.3 Å². The molecule has 0 radical (unpaired) electrons. The minimum atomic E-state index is -0.169. The van der Waals surface area contributed by atoms with Crippen LogP contribution < -0.4 is 14.8 Å². The number of methoxy groups -OCH3 is 1. The molecule has 2 heterocycles. The SMILES string of the molecule is CCn1cc(CN2C(=O)/C(=C\c3ccc(OC)c(COc4ccccc4)c3)NC2=S)cn1. The highest BCUT2D eigenvalue weighted by Gasteiger charge is 2.30. The first kappa shape index (κ1) is 21.6. The minimum absolute atomic E-state index is 0.169. The number of carbonyl (C=O) groups is 1. The van der Waals surface area contributed by atoms with Crippen LogP contribution in [0.1, 0.15) is 23.6 Å². The van der Waals surface area contributed by atoms with Crippen molar-refractivity contribution in [3.63, 3.8) is 0 Å². The molecule has 1 saturated heterocycles. The van der Waals surface area contributed by atoms with Crippen LogP contribution >= 0.6 is 12.2 Å². The Kier molecular flexibility index (Phi) is 6.51. The zero-order valence-electron chi connectivity index (χ0n) is 17.9. The molecule has 8 heteroatoms. The number of hydrogen-bond donors (Lipinski definition) is 1. The summed E-state index contributed by atoms with van der Waals surface area (Å²) < 4.78 is 13.2. The lowest BCUT2D eigenvalue weighted by Gasteiger charge is -2.12. The number of aromatic nitrogens is 2. The Hall–Kier alpha value is -3.65. The third-order valence-corrected chi connectivity index (χ3v) is 5.39. The van der Waals surface area contributed by atoms with E-state index in [4.69, 9.17) is 21.7 Å². The Morgan fingerprint density at radius 1 is 1.19 bits per heavy atom. The highest BCUT2D eigenvalue weighted by molar-refractivity contribution is 7.80. The van der Waals surface area contributed by atoms with Gasteiger partial charge in [-0.05, 0) is 55.0 Å². The number of benzene rings is 2. The zero-order valence-corrected chi connectivity index (χ0v) is 18.8. The molecule has 0 unspecified atom stereocenters. The fourth-order valence-corrected chi connectivity index (χ4v) is 3.66. The van der Waals surface area contributed by atoms with Crippen LogP contribution in [-0.4, -0.2) is 32.8 Å². The van der Waals surface area contributed by atoms with Crippen LogP contribution in [0.3, 0.4) is 0 Å². The van der Waals surface area contributed by atoms with Crippen LogP contribution in [0.4, 0.5) is 0 Å². The lowest BCUT2D eigenvalue weighted by atomic mass is 10.1. The second kappa shape index (κ2) is 9.65. The third kappa shape index (κ3) is 4.81. The first-order chi connectivity index (χ1) is 15.6. The average Bonchev–Trinajstić information content (AvgIpc) is 3.38. The molecule has 0 spiro atoms. The van der Waals surface area contributed by atoms with Crippen molar-refractivity contribution in [3.05, 3.63) is 83.3 Å². The highest BCUT2D eigenvalue weighted by atomic mass is 32.1. The Morgan fingerprint density at radius 2 is 2.00 bits per heavy atom. The molecule has 0 atom stereocenters. The number of nitrogens with zero attached hydrogens (tertiary/aromatic N) is 3. The summed E-state index contributed by atoms with van der Waals surface area (Å²) in [6.45, 7) is 3.51. The molecule has 7 nitrogen and oxygen atoms in total. The molecule has 32 heavy (non-hydrogen) atoms. The molecule has 1 aromatic heterocycles. The van der Waals surface area contributed by atoms with E-state index in [1.807, 2.05) is 66.3 Å². The van der Waals surface area contributed by atoms with Crippen LogP contribution in [0.15, 0.2) is 66.6 Å². The number of carbonyl (C=O) groups excluding carboxylic acids is 1. The van der Waals surface area contributed by atoms with Crippen molar-refractivity contribution < 1.29 is 14.3 Å². The number of para-hydroxylation sites is 1. The molecule has 1 aliphatic rings. The normalized spacial score (nSPS) is 14.7. The van der Waals surface area contributed by atoms with Crippen LogP contribution in [-0.2, 0) is 24.5 Å². The molecule has 0 bridgehead atoms. The first-order valence-corrected chi connectivity index (χ1v) is 10.7. The van der Waals surface area contributed by atoms with Gasteiger partial charge in [-0.15, -0.1) is 0 Å². The second-order valence-corrected chi connectivity index (χ2v) is 7.64. The van der Waals surface area contributed by atoms with Crippen molar-refractivity contribution in [1.29, 1.82) is 0 Å². The fraction of sp³-hybridized carbons (Fsp3) is 0.208. The van der Waals surface area contributed by atoms with E-state index >= 15 is 0 Å². The van der Waals surface area contributed by atoms with Crippen LogP contribution in [0, 0.1) is 0 Å². The van der Waals surface area contributed by atoms with Crippen molar-refractivity contribution in [2.45, 2.75) is 26.6 Å². The van der Waals surface area contributed by atoms with Gasteiger partial charge in [0.2, 0.25) is 0 Å². The predicted octanol–water partition coefficient (Wildman–Crippen LogP) is 3.75. The van der Waals surface area contributed by atoms with Gasteiger partial charge in [0.1, 0.15) is 23.8 Å². The van der Waals surface area contributed by atoms with Gasteiger partial charge in [0.15, 0.2) is 5.11 Å². The van der Waals surface area contributed by atoms with Gasteiger partial charge in [-0.25, -0.2) is 0 Å². The molecular formula is C24H24N4O3S. The molecule has 0 aliphatic carbocycles. The van der Waals surface area contributed by atoms with E-state index < -0.39 is 0 Å². The smallest absolute Gasteiger partial charge is 0.276 e. The summed E-state index contributed by atoms with van der Waals surface area (Å²) >= 11 is 5.39. The summed E-state index contributed by atoms with van der Waals surface area (Å²) in [7, 11) is 1.62. The molecule has 1 fully saturated rings. The van der Waals surface area contributed by atoms with Crippen molar-refractivity contribution in [1.82, 2.24) is 20.0 Å². The summed E-state index contributed by atoms with van der Waals surface area (Å²) in [4.78, 5) is 14.5. The molecule has 2 aromatic carbocycles. The van der Waals surface area contributed by atoms with Gasteiger partial charge in [0.25, 0.3) is 5.91 Å².